The SMILES string of the molecule is COc1cc(OC)cc(C(C)Nc2nc(O[C@@H]3CCCNC3)nc3c(C(C)C)cnn23)c1. The predicted octanol–water partition coefficient (Wildman–Crippen LogP) is 3.57. The average molecular weight is 441 g/mol. The van der Waals surface area contributed by atoms with Gasteiger partial charge in [0.05, 0.1) is 26.5 Å². The molecule has 2 atom stereocenters. The number of nitrogens with zero attached hydrogens (tertiary/aromatic N) is 4. The van der Waals surface area contributed by atoms with E-state index >= 15 is 0 Å². The Kier molecular flexibility index (Phi) is 6.64. The predicted molar refractivity (Wildman–Crippen MR) is 123 cm³/mol. The lowest BCUT2D eigenvalue weighted by atomic mass is 10.1. The molecule has 0 spiro atoms. The zero-order chi connectivity index (χ0) is 22.7. The highest BCUT2D eigenvalue weighted by atomic mass is 16.5. The molecule has 1 unspecified atom stereocenters. The summed E-state index contributed by atoms with van der Waals surface area (Å²) in [7, 11) is 3.29. The van der Waals surface area contributed by atoms with Crippen molar-refractivity contribution in [3.05, 3.63) is 35.5 Å². The zero-order valence-corrected chi connectivity index (χ0v) is 19.4. The summed E-state index contributed by atoms with van der Waals surface area (Å²) >= 11 is 0. The van der Waals surface area contributed by atoms with Gasteiger partial charge < -0.3 is 24.8 Å². The highest BCUT2D eigenvalue weighted by Gasteiger charge is 2.21. The van der Waals surface area contributed by atoms with Crippen molar-refractivity contribution in [1.82, 2.24) is 24.9 Å². The van der Waals surface area contributed by atoms with Crippen LogP contribution in [0.2, 0.25) is 0 Å². The van der Waals surface area contributed by atoms with Crippen LogP contribution in [0.5, 0.6) is 17.5 Å². The van der Waals surface area contributed by atoms with E-state index in [4.69, 9.17) is 19.2 Å². The minimum absolute atomic E-state index is 0.0598. The molecule has 32 heavy (non-hydrogen) atoms. The second-order valence-corrected chi connectivity index (χ2v) is 8.42. The van der Waals surface area contributed by atoms with E-state index < -0.39 is 0 Å². The molecule has 2 aromatic heterocycles. The van der Waals surface area contributed by atoms with Gasteiger partial charge in [0, 0.05) is 18.2 Å². The number of piperidine rings is 1. The molecule has 1 aliphatic heterocycles. The number of nitrogens with one attached hydrogen (secondary N) is 2. The summed E-state index contributed by atoms with van der Waals surface area (Å²) in [5.74, 6) is 2.32. The lowest BCUT2D eigenvalue weighted by Crippen LogP contribution is -2.37. The summed E-state index contributed by atoms with van der Waals surface area (Å²) < 4.78 is 18.8. The quantitative estimate of drug-likeness (QED) is 0.549. The van der Waals surface area contributed by atoms with Crippen LogP contribution in [0.4, 0.5) is 5.95 Å². The second-order valence-electron chi connectivity index (χ2n) is 8.42. The van der Waals surface area contributed by atoms with E-state index in [-0.39, 0.29) is 18.1 Å². The van der Waals surface area contributed by atoms with E-state index in [2.05, 4.69) is 41.5 Å². The summed E-state index contributed by atoms with van der Waals surface area (Å²) in [4.78, 5) is 9.39. The summed E-state index contributed by atoms with van der Waals surface area (Å²) in [6, 6.07) is 6.09. The molecular formula is C23H32N6O3. The van der Waals surface area contributed by atoms with Crippen LogP contribution in [-0.4, -0.2) is 53.0 Å². The van der Waals surface area contributed by atoms with Gasteiger partial charge in [0.1, 0.15) is 17.6 Å². The number of ether oxygens (including phenoxy) is 3. The zero-order valence-electron chi connectivity index (χ0n) is 19.4. The normalized spacial score (nSPS) is 17.4. The molecule has 1 aliphatic rings. The Balaban J connectivity index is 1.68. The Labute approximate surface area is 188 Å². The lowest BCUT2D eigenvalue weighted by Gasteiger charge is -2.23. The Bertz CT molecular complexity index is 1040. The molecule has 0 bridgehead atoms. The Morgan fingerprint density at radius 2 is 1.84 bits per heavy atom. The first-order valence-corrected chi connectivity index (χ1v) is 11.1. The maximum atomic E-state index is 6.16. The molecule has 1 saturated heterocycles. The first-order valence-electron chi connectivity index (χ1n) is 11.1. The van der Waals surface area contributed by atoms with Crippen LogP contribution >= 0.6 is 0 Å². The van der Waals surface area contributed by atoms with Gasteiger partial charge in [-0.05, 0) is 49.9 Å². The molecule has 172 valence electrons. The fourth-order valence-corrected chi connectivity index (χ4v) is 3.85. The van der Waals surface area contributed by atoms with Gasteiger partial charge in [-0.25, -0.2) is 0 Å². The molecule has 1 aromatic carbocycles. The van der Waals surface area contributed by atoms with E-state index in [0.29, 0.717) is 12.0 Å². The first-order chi connectivity index (χ1) is 15.5. The van der Waals surface area contributed by atoms with Crippen LogP contribution < -0.4 is 24.8 Å². The minimum Gasteiger partial charge on any atom is -0.497 e. The monoisotopic (exact) mass is 440 g/mol. The van der Waals surface area contributed by atoms with Crippen molar-refractivity contribution in [1.29, 1.82) is 0 Å². The molecule has 3 aromatic rings. The fraction of sp³-hybridized carbons (Fsp3) is 0.522. The largest absolute Gasteiger partial charge is 0.497 e. The Hall–Kier alpha value is -3.07. The number of anilines is 1. The third kappa shape index (κ3) is 4.72. The van der Waals surface area contributed by atoms with Gasteiger partial charge in [0.25, 0.3) is 0 Å². The number of fused-ring (bicyclic) bond motifs is 1. The molecule has 0 saturated carbocycles. The topological polar surface area (TPSA) is 94.8 Å². The lowest BCUT2D eigenvalue weighted by molar-refractivity contribution is 0.153. The van der Waals surface area contributed by atoms with E-state index in [1.165, 1.54) is 0 Å². The minimum atomic E-state index is -0.0898. The van der Waals surface area contributed by atoms with Gasteiger partial charge in [-0.3, -0.25) is 0 Å². The van der Waals surface area contributed by atoms with Crippen molar-refractivity contribution >= 4 is 11.6 Å². The summed E-state index contributed by atoms with van der Waals surface area (Å²) in [6.07, 6.45) is 3.98. The van der Waals surface area contributed by atoms with Crippen molar-refractivity contribution in [3.63, 3.8) is 0 Å². The van der Waals surface area contributed by atoms with Crippen LogP contribution in [0, 0.1) is 0 Å². The number of benzene rings is 1. The number of rotatable bonds is 8. The van der Waals surface area contributed by atoms with Crippen molar-refractivity contribution < 1.29 is 14.2 Å². The molecule has 2 N–H and O–H groups in total. The highest BCUT2D eigenvalue weighted by Crippen LogP contribution is 2.29. The number of methoxy groups -OCH3 is 2. The van der Waals surface area contributed by atoms with Crippen LogP contribution in [0.15, 0.2) is 24.4 Å². The Morgan fingerprint density at radius 1 is 1.09 bits per heavy atom. The van der Waals surface area contributed by atoms with Crippen LogP contribution in [0.3, 0.4) is 0 Å². The van der Waals surface area contributed by atoms with Crippen molar-refractivity contribution in [3.8, 4) is 17.5 Å². The van der Waals surface area contributed by atoms with Gasteiger partial charge in [-0.1, -0.05) is 13.8 Å². The molecule has 0 aliphatic carbocycles. The molecule has 9 nitrogen and oxygen atoms in total. The maximum absolute atomic E-state index is 6.16. The summed E-state index contributed by atoms with van der Waals surface area (Å²) in [6.45, 7) is 8.13. The summed E-state index contributed by atoms with van der Waals surface area (Å²) in [5.41, 5.74) is 2.81. The number of aromatic nitrogens is 4. The molecule has 1 fully saturated rings. The molecule has 9 heteroatoms. The summed E-state index contributed by atoms with van der Waals surface area (Å²) in [5, 5.41) is 11.4. The fourth-order valence-electron chi connectivity index (χ4n) is 3.85. The second kappa shape index (κ2) is 9.60. The van der Waals surface area contributed by atoms with Crippen molar-refractivity contribution in [2.45, 2.75) is 51.7 Å². The first kappa shape index (κ1) is 22.1. The molecule has 0 amide bonds. The van der Waals surface area contributed by atoms with E-state index in [1.54, 1.807) is 18.7 Å². The van der Waals surface area contributed by atoms with Gasteiger partial charge >= 0.3 is 6.01 Å². The van der Waals surface area contributed by atoms with Gasteiger partial charge in [-0.2, -0.15) is 19.6 Å². The standard InChI is InChI=1S/C23H32N6O3/c1-14(2)20-13-25-29-21(20)27-23(32-17-7-6-8-24-12-17)28-22(29)26-15(3)16-9-18(30-4)11-19(10-16)31-5/h9-11,13-15,17,24H,6-8,12H2,1-5H3,(H,26,27,28)/t15?,17-/m1/s1. The third-order valence-electron chi connectivity index (χ3n) is 5.74. The molecular weight excluding hydrogens is 408 g/mol. The van der Waals surface area contributed by atoms with E-state index in [0.717, 1.165) is 54.2 Å². The van der Waals surface area contributed by atoms with Crippen LogP contribution in [0.1, 0.15) is 56.7 Å². The van der Waals surface area contributed by atoms with E-state index in [1.807, 2.05) is 24.4 Å². The molecule has 3 heterocycles. The van der Waals surface area contributed by atoms with Gasteiger partial charge in [0.2, 0.25) is 5.95 Å². The molecule has 0 radical (unpaired) electrons. The Morgan fingerprint density at radius 3 is 2.47 bits per heavy atom. The average Bonchev–Trinajstić information content (AvgIpc) is 3.24. The van der Waals surface area contributed by atoms with Gasteiger partial charge in [-0.15, -0.1) is 0 Å². The third-order valence-corrected chi connectivity index (χ3v) is 5.74. The van der Waals surface area contributed by atoms with Gasteiger partial charge in [0.15, 0.2) is 5.65 Å². The molecule has 4 rings (SSSR count). The number of hydrogen-bond acceptors (Lipinski definition) is 8. The van der Waals surface area contributed by atoms with Crippen LogP contribution in [-0.2, 0) is 0 Å². The van der Waals surface area contributed by atoms with Crippen molar-refractivity contribution in [2.24, 2.45) is 0 Å². The van der Waals surface area contributed by atoms with Crippen molar-refractivity contribution in [2.75, 3.05) is 32.6 Å². The van der Waals surface area contributed by atoms with E-state index in [9.17, 15) is 0 Å². The maximum Gasteiger partial charge on any atom is 0.322 e. The smallest absolute Gasteiger partial charge is 0.322 e. The highest BCUT2D eigenvalue weighted by molar-refractivity contribution is 5.53. The number of hydrogen-bond donors (Lipinski definition) is 2. The van der Waals surface area contributed by atoms with Crippen LogP contribution in [0.25, 0.3) is 5.65 Å².